The number of aromatic nitrogens is 2. The molecule has 6 rings (SSSR count). The molecule has 3 heterocycles. The number of hydrogen-bond donors (Lipinski definition) is 3. The van der Waals surface area contributed by atoms with E-state index in [9.17, 15) is 19.8 Å². The number of nitrogens with one attached hydrogen (secondary N) is 1. The lowest BCUT2D eigenvalue weighted by atomic mass is 9.89. The molecule has 1 saturated heterocycles. The van der Waals surface area contributed by atoms with Gasteiger partial charge in [0.15, 0.2) is 11.4 Å². The quantitative estimate of drug-likeness (QED) is 0.312. The Kier molecular flexibility index (Phi) is 5.12. The summed E-state index contributed by atoms with van der Waals surface area (Å²) in [4.78, 5) is 33.3. The zero-order chi connectivity index (χ0) is 25.7. The number of aryl methyl sites for hydroxylation is 1. The second kappa shape index (κ2) is 8.37. The Bertz CT molecular complexity index is 1700. The van der Waals surface area contributed by atoms with E-state index in [-0.39, 0.29) is 24.7 Å². The summed E-state index contributed by atoms with van der Waals surface area (Å²) in [5.41, 5.74) is 1.57. The number of pyridine rings is 1. The van der Waals surface area contributed by atoms with Gasteiger partial charge in [0.05, 0.1) is 18.6 Å². The molecule has 0 radical (unpaired) electrons. The summed E-state index contributed by atoms with van der Waals surface area (Å²) >= 11 is 0. The highest BCUT2D eigenvalue weighted by molar-refractivity contribution is 6.07. The van der Waals surface area contributed by atoms with Gasteiger partial charge >= 0.3 is 6.03 Å². The average molecular weight is 493 g/mol. The number of amides is 3. The zero-order valence-corrected chi connectivity index (χ0v) is 20.0. The normalized spacial score (nSPS) is 17.6. The molecule has 0 bridgehead atoms. The molecule has 1 fully saturated rings. The fourth-order valence-corrected chi connectivity index (χ4v) is 5.20. The number of urea groups is 1. The summed E-state index contributed by atoms with van der Waals surface area (Å²) in [7, 11) is 0. The van der Waals surface area contributed by atoms with Crippen molar-refractivity contribution in [3.05, 3.63) is 102 Å². The van der Waals surface area contributed by atoms with Crippen LogP contribution in [0.5, 0.6) is 11.6 Å². The summed E-state index contributed by atoms with van der Waals surface area (Å²) in [6.07, 6.45) is 1.66. The van der Waals surface area contributed by atoms with E-state index in [1.807, 2.05) is 55.5 Å². The molecule has 184 valence electrons. The van der Waals surface area contributed by atoms with Crippen molar-refractivity contribution in [1.29, 1.82) is 0 Å². The molecular formula is C29H24N4O4. The average Bonchev–Trinajstić information content (AvgIpc) is 3.32. The summed E-state index contributed by atoms with van der Waals surface area (Å²) in [5, 5.41) is 25.8. The lowest BCUT2D eigenvalue weighted by Crippen LogP contribution is -2.47. The van der Waals surface area contributed by atoms with Crippen LogP contribution in [-0.4, -0.2) is 36.6 Å². The highest BCUT2D eigenvalue weighted by Gasteiger charge is 2.53. The largest absolute Gasteiger partial charge is 0.508 e. The maximum atomic E-state index is 14.1. The Hall–Kier alpha value is -4.85. The van der Waals surface area contributed by atoms with Gasteiger partial charge in [0, 0.05) is 28.0 Å². The van der Waals surface area contributed by atoms with Crippen LogP contribution < -0.4 is 5.32 Å². The van der Waals surface area contributed by atoms with Crippen LogP contribution in [0, 0.1) is 6.92 Å². The Morgan fingerprint density at radius 1 is 0.919 bits per heavy atom. The molecule has 3 amide bonds. The van der Waals surface area contributed by atoms with Crippen LogP contribution in [0.25, 0.3) is 21.7 Å². The summed E-state index contributed by atoms with van der Waals surface area (Å²) in [6.45, 7) is 1.93. The number of aromatic hydroxyl groups is 2. The first-order valence-electron chi connectivity index (χ1n) is 11.9. The number of carbonyl (C=O) groups is 2. The van der Waals surface area contributed by atoms with Gasteiger partial charge in [-0.25, -0.2) is 4.79 Å². The molecule has 3 N–H and O–H groups in total. The van der Waals surface area contributed by atoms with Crippen molar-refractivity contribution in [3.8, 4) is 11.6 Å². The SMILES string of the molecule is Cc1cc(CN2C(=O)NC(Cn3cc4cc(O)ccc4c3O)(c3ccccc3)C2=O)c2ccccc2n1. The number of carbonyl (C=O) groups excluding carboxylic acids is 2. The van der Waals surface area contributed by atoms with Crippen molar-refractivity contribution in [1.82, 2.24) is 19.8 Å². The summed E-state index contributed by atoms with van der Waals surface area (Å²) in [5.74, 6) is -0.400. The zero-order valence-electron chi connectivity index (χ0n) is 20.0. The first-order valence-corrected chi connectivity index (χ1v) is 11.9. The van der Waals surface area contributed by atoms with Crippen molar-refractivity contribution < 1.29 is 19.8 Å². The minimum atomic E-state index is -1.44. The molecule has 2 aromatic heterocycles. The van der Waals surface area contributed by atoms with Crippen molar-refractivity contribution in [2.24, 2.45) is 0 Å². The van der Waals surface area contributed by atoms with Crippen LogP contribution in [0.2, 0.25) is 0 Å². The third-order valence-corrected chi connectivity index (χ3v) is 6.95. The standard InChI is InChI=1S/C29H24N4O4/c1-18-13-19(23-9-5-6-10-25(23)30-18)16-33-27(36)29(31-28(33)37,21-7-3-2-4-8-21)17-32-15-20-14-22(34)11-12-24(20)26(32)35/h2-15,34-35H,16-17H2,1H3,(H,31,37). The van der Waals surface area contributed by atoms with E-state index in [1.54, 1.807) is 30.5 Å². The van der Waals surface area contributed by atoms with E-state index in [0.717, 1.165) is 22.2 Å². The van der Waals surface area contributed by atoms with E-state index < -0.39 is 17.5 Å². The number of rotatable bonds is 5. The highest BCUT2D eigenvalue weighted by Crippen LogP contribution is 2.37. The van der Waals surface area contributed by atoms with Gasteiger partial charge in [0.1, 0.15) is 5.75 Å². The van der Waals surface area contributed by atoms with Gasteiger partial charge < -0.3 is 20.1 Å². The smallest absolute Gasteiger partial charge is 0.325 e. The number of benzene rings is 3. The summed E-state index contributed by atoms with van der Waals surface area (Å²) < 4.78 is 1.53. The van der Waals surface area contributed by atoms with Gasteiger partial charge in [0.25, 0.3) is 5.91 Å². The molecule has 0 aliphatic carbocycles. The topological polar surface area (TPSA) is 108 Å². The first-order chi connectivity index (χ1) is 17.9. The minimum Gasteiger partial charge on any atom is -0.508 e. The first kappa shape index (κ1) is 22.6. The molecule has 0 saturated carbocycles. The van der Waals surface area contributed by atoms with E-state index in [4.69, 9.17) is 0 Å². The molecule has 3 aromatic carbocycles. The molecule has 1 unspecified atom stereocenters. The van der Waals surface area contributed by atoms with Gasteiger partial charge in [-0.15, -0.1) is 0 Å². The molecule has 5 aromatic rings. The van der Waals surface area contributed by atoms with Crippen LogP contribution >= 0.6 is 0 Å². The van der Waals surface area contributed by atoms with E-state index >= 15 is 0 Å². The van der Waals surface area contributed by atoms with E-state index in [1.165, 1.54) is 15.5 Å². The number of para-hydroxylation sites is 1. The number of imide groups is 1. The van der Waals surface area contributed by atoms with Gasteiger partial charge in [-0.2, -0.15) is 0 Å². The molecular weight excluding hydrogens is 468 g/mol. The maximum Gasteiger partial charge on any atom is 0.325 e. The van der Waals surface area contributed by atoms with Crippen LogP contribution in [0.1, 0.15) is 16.8 Å². The van der Waals surface area contributed by atoms with Crippen LogP contribution in [0.4, 0.5) is 4.79 Å². The molecule has 8 heteroatoms. The van der Waals surface area contributed by atoms with Crippen molar-refractivity contribution in [3.63, 3.8) is 0 Å². The van der Waals surface area contributed by atoms with Gasteiger partial charge in [-0.3, -0.25) is 14.7 Å². The van der Waals surface area contributed by atoms with Gasteiger partial charge in [0.2, 0.25) is 0 Å². The van der Waals surface area contributed by atoms with Crippen molar-refractivity contribution in [2.75, 3.05) is 0 Å². The predicted octanol–water partition coefficient (Wildman–Crippen LogP) is 4.56. The van der Waals surface area contributed by atoms with Crippen LogP contribution in [0.15, 0.2) is 85.1 Å². The number of nitrogens with zero attached hydrogens (tertiary/aromatic N) is 3. The second-order valence-corrected chi connectivity index (χ2v) is 9.38. The summed E-state index contributed by atoms with van der Waals surface area (Å²) in [6, 6.07) is 22.7. The predicted molar refractivity (Wildman–Crippen MR) is 139 cm³/mol. The Balaban J connectivity index is 1.44. The maximum absolute atomic E-state index is 14.1. The van der Waals surface area contributed by atoms with Crippen molar-refractivity contribution >= 4 is 33.6 Å². The van der Waals surface area contributed by atoms with E-state index in [0.29, 0.717) is 16.3 Å². The van der Waals surface area contributed by atoms with Gasteiger partial charge in [-0.05, 0) is 48.4 Å². The van der Waals surface area contributed by atoms with Crippen LogP contribution in [0.3, 0.4) is 0 Å². The Morgan fingerprint density at radius 3 is 2.49 bits per heavy atom. The monoisotopic (exact) mass is 492 g/mol. The minimum absolute atomic E-state index is 0.0323. The highest BCUT2D eigenvalue weighted by atomic mass is 16.3. The third-order valence-electron chi connectivity index (χ3n) is 6.95. The Labute approximate surface area is 212 Å². The van der Waals surface area contributed by atoms with Crippen LogP contribution in [-0.2, 0) is 23.4 Å². The number of hydrogen-bond acceptors (Lipinski definition) is 5. The molecule has 37 heavy (non-hydrogen) atoms. The second-order valence-electron chi connectivity index (χ2n) is 9.38. The van der Waals surface area contributed by atoms with Crippen molar-refractivity contribution in [2.45, 2.75) is 25.6 Å². The lowest BCUT2D eigenvalue weighted by Gasteiger charge is -2.28. The fraction of sp³-hybridized carbons (Fsp3) is 0.138. The number of fused-ring (bicyclic) bond motifs is 2. The third kappa shape index (κ3) is 3.65. The molecule has 1 aliphatic heterocycles. The number of phenolic OH excluding ortho intramolecular Hbond substituents is 1. The fourth-order valence-electron chi connectivity index (χ4n) is 5.20. The Morgan fingerprint density at radius 2 is 1.68 bits per heavy atom. The van der Waals surface area contributed by atoms with Gasteiger partial charge in [-0.1, -0.05) is 48.5 Å². The molecule has 8 nitrogen and oxygen atoms in total. The molecule has 1 atom stereocenters. The number of phenols is 1. The molecule has 0 spiro atoms. The lowest BCUT2D eigenvalue weighted by molar-refractivity contribution is -0.132. The molecule has 1 aliphatic rings. The van der Waals surface area contributed by atoms with E-state index in [2.05, 4.69) is 10.3 Å².